The van der Waals surface area contributed by atoms with Gasteiger partial charge in [-0.15, -0.1) is 0 Å². The van der Waals surface area contributed by atoms with Crippen molar-refractivity contribution in [3.8, 4) is 0 Å². The summed E-state index contributed by atoms with van der Waals surface area (Å²) in [6, 6.07) is 8.00. The van der Waals surface area contributed by atoms with Gasteiger partial charge >= 0.3 is 0 Å². The molecule has 2 heteroatoms. The molecule has 1 atom stereocenters. The van der Waals surface area contributed by atoms with Crippen LogP contribution in [0.5, 0.6) is 0 Å². The van der Waals surface area contributed by atoms with Gasteiger partial charge in [-0.3, -0.25) is 0 Å². The molecule has 1 aromatic rings. The summed E-state index contributed by atoms with van der Waals surface area (Å²) >= 11 is 0. The van der Waals surface area contributed by atoms with Crippen LogP contribution in [0.1, 0.15) is 5.56 Å². The Morgan fingerprint density at radius 3 is 3.00 bits per heavy atom. The number of hydrogen-bond acceptors (Lipinski definition) is 2. The van der Waals surface area contributed by atoms with Crippen LogP contribution >= 0.6 is 0 Å². The molecule has 2 rings (SSSR count). The quantitative estimate of drug-likeness (QED) is 0.605. The minimum Gasteiger partial charge on any atom is -0.375 e. The molecule has 0 bridgehead atoms. The van der Waals surface area contributed by atoms with Gasteiger partial charge in [0, 0.05) is 12.1 Å². The maximum atomic E-state index is 10.4. The van der Waals surface area contributed by atoms with Gasteiger partial charge in [0.15, 0.2) is 0 Å². The van der Waals surface area contributed by atoms with Gasteiger partial charge in [-0.25, -0.2) is 0 Å². The molecule has 1 aliphatic heterocycles. The second-order valence-electron chi connectivity index (χ2n) is 2.75. The van der Waals surface area contributed by atoms with Crippen LogP contribution in [0.3, 0.4) is 0 Å². The summed E-state index contributed by atoms with van der Waals surface area (Å²) in [5, 5.41) is 3.12. The maximum Gasteiger partial charge on any atom is 0.142 e. The van der Waals surface area contributed by atoms with Crippen molar-refractivity contribution in [3.05, 3.63) is 29.8 Å². The van der Waals surface area contributed by atoms with Crippen molar-refractivity contribution in [2.75, 3.05) is 5.32 Å². The van der Waals surface area contributed by atoms with E-state index < -0.39 is 0 Å². The normalized spacial score (nSPS) is 20.5. The van der Waals surface area contributed by atoms with Gasteiger partial charge in [-0.05, 0) is 11.6 Å². The van der Waals surface area contributed by atoms with Crippen molar-refractivity contribution >= 4 is 12.0 Å². The zero-order valence-electron chi connectivity index (χ0n) is 6.08. The van der Waals surface area contributed by atoms with Crippen LogP contribution in [0.2, 0.25) is 0 Å². The van der Waals surface area contributed by atoms with Crippen molar-refractivity contribution in [2.24, 2.45) is 0 Å². The standard InChI is InChI=1S/C9H9NO/c11-6-8-5-7-3-1-2-4-9(7)10-8/h1-4,6,8,10H,5H2/t8-/m0/s1. The Labute approximate surface area is 65.2 Å². The average Bonchev–Trinajstić information content (AvgIpc) is 2.46. The Hall–Kier alpha value is -1.31. The lowest BCUT2D eigenvalue weighted by atomic mass is 10.1. The van der Waals surface area contributed by atoms with E-state index in [1.54, 1.807) is 0 Å². The summed E-state index contributed by atoms with van der Waals surface area (Å²) in [5.74, 6) is 0. The Kier molecular flexibility index (Phi) is 1.39. The lowest BCUT2D eigenvalue weighted by Gasteiger charge is -1.99. The van der Waals surface area contributed by atoms with Gasteiger partial charge < -0.3 is 10.1 Å². The van der Waals surface area contributed by atoms with E-state index in [-0.39, 0.29) is 6.04 Å². The molecule has 0 radical (unpaired) electrons. The van der Waals surface area contributed by atoms with Gasteiger partial charge in [0.1, 0.15) is 6.29 Å². The Morgan fingerprint density at radius 2 is 2.27 bits per heavy atom. The summed E-state index contributed by atoms with van der Waals surface area (Å²) in [6.45, 7) is 0. The van der Waals surface area contributed by atoms with Crippen LogP contribution in [0.15, 0.2) is 24.3 Å². The number of para-hydroxylation sites is 1. The van der Waals surface area contributed by atoms with Gasteiger partial charge in [0.05, 0.1) is 6.04 Å². The summed E-state index contributed by atoms with van der Waals surface area (Å²) in [6.07, 6.45) is 1.79. The zero-order chi connectivity index (χ0) is 7.68. The third-order valence-electron chi connectivity index (χ3n) is 1.96. The van der Waals surface area contributed by atoms with E-state index in [0.717, 1.165) is 18.4 Å². The molecule has 0 saturated carbocycles. The second-order valence-corrected chi connectivity index (χ2v) is 2.75. The average molecular weight is 147 g/mol. The lowest BCUT2D eigenvalue weighted by Crippen LogP contribution is -2.15. The molecule has 1 aliphatic rings. The maximum absolute atomic E-state index is 10.4. The minimum absolute atomic E-state index is 0.00704. The number of rotatable bonds is 1. The third-order valence-corrected chi connectivity index (χ3v) is 1.96. The molecule has 0 aliphatic carbocycles. The highest BCUT2D eigenvalue weighted by atomic mass is 16.1. The number of benzene rings is 1. The first-order valence-electron chi connectivity index (χ1n) is 3.70. The minimum atomic E-state index is -0.00704. The predicted molar refractivity (Wildman–Crippen MR) is 43.6 cm³/mol. The molecule has 11 heavy (non-hydrogen) atoms. The Morgan fingerprint density at radius 1 is 1.45 bits per heavy atom. The molecule has 1 heterocycles. The number of fused-ring (bicyclic) bond motifs is 1. The summed E-state index contributed by atoms with van der Waals surface area (Å²) in [7, 11) is 0. The van der Waals surface area contributed by atoms with Crippen LogP contribution in [-0.4, -0.2) is 12.3 Å². The van der Waals surface area contributed by atoms with Crippen LogP contribution in [-0.2, 0) is 11.2 Å². The van der Waals surface area contributed by atoms with E-state index in [1.165, 1.54) is 5.56 Å². The summed E-state index contributed by atoms with van der Waals surface area (Å²) < 4.78 is 0. The van der Waals surface area contributed by atoms with Crippen molar-refractivity contribution in [2.45, 2.75) is 12.5 Å². The third kappa shape index (κ3) is 1.00. The highest BCUT2D eigenvalue weighted by Gasteiger charge is 2.17. The molecule has 0 amide bonds. The van der Waals surface area contributed by atoms with Crippen LogP contribution < -0.4 is 5.32 Å². The first-order chi connectivity index (χ1) is 5.40. The fraction of sp³-hybridized carbons (Fsp3) is 0.222. The van der Waals surface area contributed by atoms with Crippen molar-refractivity contribution in [1.82, 2.24) is 0 Å². The van der Waals surface area contributed by atoms with E-state index >= 15 is 0 Å². The first kappa shape index (κ1) is 6.40. The Balaban J connectivity index is 2.33. The fourth-order valence-corrected chi connectivity index (χ4v) is 1.41. The van der Waals surface area contributed by atoms with Crippen LogP contribution in [0.25, 0.3) is 0 Å². The van der Waals surface area contributed by atoms with Crippen LogP contribution in [0, 0.1) is 0 Å². The molecule has 56 valence electrons. The van der Waals surface area contributed by atoms with E-state index in [0.29, 0.717) is 0 Å². The van der Waals surface area contributed by atoms with Crippen LogP contribution in [0.4, 0.5) is 5.69 Å². The number of nitrogens with one attached hydrogen (secondary N) is 1. The Bertz CT molecular complexity index is 258. The molecular weight excluding hydrogens is 138 g/mol. The number of hydrogen-bond donors (Lipinski definition) is 1. The number of carbonyl (C=O) groups is 1. The van der Waals surface area contributed by atoms with Crippen molar-refractivity contribution in [1.29, 1.82) is 0 Å². The monoisotopic (exact) mass is 147 g/mol. The SMILES string of the molecule is O=C[C@@H]1Cc2ccccc2N1. The number of carbonyl (C=O) groups excluding carboxylic acids is 1. The molecule has 0 aromatic heterocycles. The molecule has 0 spiro atoms. The van der Waals surface area contributed by atoms with Crippen molar-refractivity contribution in [3.63, 3.8) is 0 Å². The largest absolute Gasteiger partial charge is 0.375 e. The van der Waals surface area contributed by atoms with Gasteiger partial charge in [-0.1, -0.05) is 18.2 Å². The predicted octanol–water partition coefficient (Wildman–Crippen LogP) is 1.22. The van der Waals surface area contributed by atoms with E-state index in [1.807, 2.05) is 24.3 Å². The lowest BCUT2D eigenvalue weighted by molar-refractivity contribution is -0.108. The first-order valence-corrected chi connectivity index (χ1v) is 3.70. The molecular formula is C9H9NO. The zero-order valence-corrected chi connectivity index (χ0v) is 6.08. The number of anilines is 1. The topological polar surface area (TPSA) is 29.1 Å². The van der Waals surface area contributed by atoms with Gasteiger partial charge in [-0.2, -0.15) is 0 Å². The molecule has 1 N–H and O–H groups in total. The fourth-order valence-electron chi connectivity index (χ4n) is 1.41. The molecule has 0 unspecified atom stereocenters. The highest BCUT2D eigenvalue weighted by molar-refractivity contribution is 5.71. The van der Waals surface area contributed by atoms with E-state index in [2.05, 4.69) is 5.32 Å². The van der Waals surface area contributed by atoms with E-state index in [4.69, 9.17) is 0 Å². The van der Waals surface area contributed by atoms with Crippen molar-refractivity contribution < 1.29 is 4.79 Å². The highest BCUT2D eigenvalue weighted by Crippen LogP contribution is 2.23. The van der Waals surface area contributed by atoms with Gasteiger partial charge in [0.25, 0.3) is 0 Å². The smallest absolute Gasteiger partial charge is 0.142 e. The molecule has 1 aromatic carbocycles. The molecule has 0 fully saturated rings. The van der Waals surface area contributed by atoms with E-state index in [9.17, 15) is 4.79 Å². The summed E-state index contributed by atoms with van der Waals surface area (Å²) in [4.78, 5) is 10.4. The molecule has 2 nitrogen and oxygen atoms in total. The number of aldehydes is 1. The summed E-state index contributed by atoms with van der Waals surface area (Å²) in [5.41, 5.74) is 2.34. The van der Waals surface area contributed by atoms with Gasteiger partial charge in [0.2, 0.25) is 0 Å². The molecule has 0 saturated heterocycles. The second kappa shape index (κ2) is 2.38.